The van der Waals surface area contributed by atoms with Crippen LogP contribution in [-0.2, 0) is 19.1 Å². The highest BCUT2D eigenvalue weighted by Crippen LogP contribution is 2.11. The van der Waals surface area contributed by atoms with Crippen molar-refractivity contribution in [2.45, 2.75) is 109 Å². The van der Waals surface area contributed by atoms with E-state index >= 15 is 0 Å². The van der Waals surface area contributed by atoms with Gasteiger partial charge in [-0.1, -0.05) is 89.0 Å². The Morgan fingerprint density at radius 2 is 1.43 bits per heavy atom. The first-order valence-corrected chi connectivity index (χ1v) is 11.8. The van der Waals surface area contributed by atoms with Gasteiger partial charge in [0.15, 0.2) is 0 Å². The first-order valence-electron chi connectivity index (χ1n) is 11.8. The summed E-state index contributed by atoms with van der Waals surface area (Å²) in [6.07, 6.45) is 22.1. The number of hydrogen-bond acceptors (Lipinski definition) is 5. The van der Waals surface area contributed by atoms with Crippen LogP contribution in [0.15, 0.2) is 24.3 Å². The van der Waals surface area contributed by atoms with Gasteiger partial charge in [-0.3, -0.25) is 9.59 Å². The van der Waals surface area contributed by atoms with Gasteiger partial charge in [-0.25, -0.2) is 0 Å². The molecular weight excluding hydrogens is 380 g/mol. The molecule has 0 aromatic heterocycles. The van der Waals surface area contributed by atoms with Gasteiger partial charge in [0, 0.05) is 12.8 Å². The average Bonchev–Trinajstić information content (AvgIpc) is 2.74. The van der Waals surface area contributed by atoms with Crippen molar-refractivity contribution in [2.75, 3.05) is 13.7 Å². The number of allylic oxidation sites excluding steroid dienone is 2. The number of methoxy groups -OCH3 is 1. The maximum Gasteiger partial charge on any atom is 0.305 e. The fourth-order valence-corrected chi connectivity index (χ4v) is 3.08. The molecule has 0 rings (SSSR count). The Labute approximate surface area is 183 Å². The summed E-state index contributed by atoms with van der Waals surface area (Å²) in [6, 6.07) is 0. The lowest BCUT2D eigenvalue weighted by atomic mass is 10.0. The number of aliphatic hydroxyl groups is 1. The van der Waals surface area contributed by atoms with E-state index in [1.165, 1.54) is 58.5 Å². The van der Waals surface area contributed by atoms with Gasteiger partial charge in [-0.15, -0.1) is 0 Å². The average molecular weight is 425 g/mol. The molecule has 0 aliphatic carbocycles. The molecule has 0 aliphatic rings. The van der Waals surface area contributed by atoms with Crippen LogP contribution in [0.25, 0.3) is 0 Å². The summed E-state index contributed by atoms with van der Waals surface area (Å²) in [5, 5.41) is 9.96. The summed E-state index contributed by atoms with van der Waals surface area (Å²) in [6.45, 7) is 2.59. The zero-order valence-electron chi connectivity index (χ0n) is 19.3. The van der Waals surface area contributed by atoms with Crippen LogP contribution in [0.5, 0.6) is 0 Å². The highest BCUT2D eigenvalue weighted by Gasteiger charge is 2.04. The van der Waals surface area contributed by atoms with Gasteiger partial charge in [-0.2, -0.15) is 0 Å². The quantitative estimate of drug-likeness (QED) is 0.146. The second kappa shape index (κ2) is 22.1. The van der Waals surface area contributed by atoms with Crippen molar-refractivity contribution >= 4 is 11.9 Å². The minimum absolute atomic E-state index is 0.236. The molecule has 1 N–H and O–H groups in total. The molecule has 0 aliphatic heterocycles. The van der Waals surface area contributed by atoms with Gasteiger partial charge in [0.05, 0.1) is 19.8 Å². The molecule has 0 bridgehead atoms. The van der Waals surface area contributed by atoms with Gasteiger partial charge >= 0.3 is 11.9 Å². The first kappa shape index (κ1) is 28.4. The number of carbonyl (C=O) groups is 2. The number of rotatable bonds is 20. The van der Waals surface area contributed by atoms with Gasteiger partial charge in [0.1, 0.15) is 0 Å². The molecule has 0 amide bonds. The van der Waals surface area contributed by atoms with Crippen molar-refractivity contribution in [1.29, 1.82) is 0 Å². The summed E-state index contributed by atoms with van der Waals surface area (Å²) in [5.74, 6) is -0.486. The highest BCUT2D eigenvalue weighted by atomic mass is 16.5. The summed E-state index contributed by atoms with van der Waals surface area (Å²) in [5.41, 5.74) is 0. The molecule has 0 saturated carbocycles. The lowest BCUT2D eigenvalue weighted by molar-refractivity contribution is -0.144. The standard InChI is InChI=1S/C25H44O5/c1-3-4-5-6-7-8-9-10-13-18-23(26)19-14-11-12-17-22-30-25(28)21-16-15-20-24(27)29-2/h11-12,14,19,23,26H,3-10,13,15-18,20-22H2,1-2H3/b12-11-,19-14+/t23-/m0/s1. The van der Waals surface area contributed by atoms with E-state index in [0.717, 1.165) is 12.8 Å². The molecular formula is C25H44O5. The molecule has 0 radical (unpaired) electrons. The largest absolute Gasteiger partial charge is 0.469 e. The zero-order valence-corrected chi connectivity index (χ0v) is 19.3. The molecule has 1 atom stereocenters. The van der Waals surface area contributed by atoms with E-state index in [4.69, 9.17) is 4.74 Å². The third-order valence-electron chi connectivity index (χ3n) is 4.97. The van der Waals surface area contributed by atoms with Gasteiger partial charge in [-0.05, 0) is 25.7 Å². The maximum atomic E-state index is 11.6. The van der Waals surface area contributed by atoms with E-state index < -0.39 is 0 Å². The van der Waals surface area contributed by atoms with Crippen LogP contribution in [-0.4, -0.2) is 36.9 Å². The van der Waals surface area contributed by atoms with Crippen molar-refractivity contribution < 1.29 is 24.2 Å². The number of aliphatic hydroxyl groups excluding tert-OH is 1. The highest BCUT2D eigenvalue weighted by molar-refractivity contribution is 5.70. The van der Waals surface area contributed by atoms with E-state index in [1.54, 1.807) is 0 Å². The second-order valence-corrected chi connectivity index (χ2v) is 7.79. The van der Waals surface area contributed by atoms with Crippen LogP contribution in [0.2, 0.25) is 0 Å². The Balaban J connectivity index is 3.51. The first-order chi connectivity index (χ1) is 14.6. The van der Waals surface area contributed by atoms with Crippen LogP contribution >= 0.6 is 0 Å². The molecule has 0 saturated heterocycles. The second-order valence-electron chi connectivity index (χ2n) is 7.79. The topological polar surface area (TPSA) is 72.8 Å². The fourth-order valence-electron chi connectivity index (χ4n) is 3.08. The van der Waals surface area contributed by atoms with E-state index in [0.29, 0.717) is 38.7 Å². The monoisotopic (exact) mass is 424 g/mol. The molecule has 0 spiro atoms. The third kappa shape index (κ3) is 21.1. The molecule has 30 heavy (non-hydrogen) atoms. The number of esters is 2. The molecule has 174 valence electrons. The van der Waals surface area contributed by atoms with Gasteiger partial charge in [0.25, 0.3) is 0 Å². The Hall–Kier alpha value is -1.62. The number of ether oxygens (including phenoxy) is 2. The molecule has 5 heteroatoms. The lowest BCUT2D eigenvalue weighted by Crippen LogP contribution is -2.06. The Kier molecular flexibility index (Phi) is 20.9. The number of unbranched alkanes of at least 4 members (excludes halogenated alkanes) is 9. The zero-order chi connectivity index (χ0) is 22.3. The van der Waals surface area contributed by atoms with Crippen LogP contribution in [0.4, 0.5) is 0 Å². The summed E-state index contributed by atoms with van der Waals surface area (Å²) < 4.78 is 9.68. The molecule has 5 nitrogen and oxygen atoms in total. The van der Waals surface area contributed by atoms with Crippen molar-refractivity contribution in [2.24, 2.45) is 0 Å². The minimum Gasteiger partial charge on any atom is -0.469 e. The molecule has 0 unspecified atom stereocenters. The molecule has 0 aromatic carbocycles. The fraction of sp³-hybridized carbons (Fsp3) is 0.760. The van der Waals surface area contributed by atoms with E-state index in [9.17, 15) is 14.7 Å². The molecule has 0 aromatic rings. The Morgan fingerprint density at radius 3 is 2.07 bits per heavy atom. The van der Waals surface area contributed by atoms with Crippen molar-refractivity contribution in [3.05, 3.63) is 24.3 Å². The lowest BCUT2D eigenvalue weighted by Gasteiger charge is -2.05. The molecule has 0 fully saturated rings. The van der Waals surface area contributed by atoms with E-state index in [1.807, 2.05) is 24.3 Å². The van der Waals surface area contributed by atoms with E-state index in [-0.39, 0.29) is 18.0 Å². The van der Waals surface area contributed by atoms with Crippen molar-refractivity contribution in [3.8, 4) is 0 Å². The van der Waals surface area contributed by atoms with Crippen LogP contribution in [0.3, 0.4) is 0 Å². The number of hydrogen-bond donors (Lipinski definition) is 1. The Bertz CT molecular complexity index is 470. The predicted octanol–water partition coefficient (Wildman–Crippen LogP) is 6.05. The summed E-state index contributed by atoms with van der Waals surface area (Å²) in [4.78, 5) is 22.5. The third-order valence-corrected chi connectivity index (χ3v) is 4.97. The number of carbonyl (C=O) groups excluding carboxylic acids is 2. The SMILES string of the molecule is CCCCCCCCCCC[C@H](O)/C=C/C=C\CCOC(=O)CCCCC(=O)OC. The summed E-state index contributed by atoms with van der Waals surface area (Å²) in [7, 11) is 1.36. The molecule has 0 heterocycles. The Morgan fingerprint density at radius 1 is 0.833 bits per heavy atom. The van der Waals surface area contributed by atoms with Crippen molar-refractivity contribution in [3.63, 3.8) is 0 Å². The normalized spacial score (nSPS) is 12.5. The summed E-state index contributed by atoms with van der Waals surface area (Å²) >= 11 is 0. The van der Waals surface area contributed by atoms with Crippen LogP contribution in [0.1, 0.15) is 103 Å². The van der Waals surface area contributed by atoms with Crippen molar-refractivity contribution in [1.82, 2.24) is 0 Å². The van der Waals surface area contributed by atoms with Gasteiger partial charge in [0.2, 0.25) is 0 Å². The maximum absolute atomic E-state index is 11.6. The smallest absolute Gasteiger partial charge is 0.305 e. The van der Waals surface area contributed by atoms with Gasteiger partial charge < -0.3 is 14.6 Å². The van der Waals surface area contributed by atoms with Crippen LogP contribution in [0, 0.1) is 0 Å². The van der Waals surface area contributed by atoms with E-state index in [2.05, 4.69) is 11.7 Å². The van der Waals surface area contributed by atoms with Crippen LogP contribution < -0.4 is 0 Å². The predicted molar refractivity (Wildman–Crippen MR) is 122 cm³/mol. The minimum atomic E-state index is -0.387.